The average molecular weight is 386 g/mol. The first-order valence-electron chi connectivity index (χ1n) is 9.27. The van der Waals surface area contributed by atoms with Gasteiger partial charge >= 0.3 is 0 Å². The van der Waals surface area contributed by atoms with Crippen molar-refractivity contribution in [3.63, 3.8) is 0 Å². The van der Waals surface area contributed by atoms with Crippen molar-refractivity contribution < 1.29 is 14.3 Å². The van der Waals surface area contributed by atoms with Crippen LogP contribution in [0, 0.1) is 6.92 Å². The highest BCUT2D eigenvalue weighted by Gasteiger charge is 2.31. The van der Waals surface area contributed by atoms with Gasteiger partial charge in [0.2, 0.25) is 5.91 Å². The molecule has 0 aromatic heterocycles. The van der Waals surface area contributed by atoms with E-state index in [1.54, 1.807) is 26.0 Å². The molecule has 1 fully saturated rings. The largest absolute Gasteiger partial charge is 0.497 e. The van der Waals surface area contributed by atoms with Gasteiger partial charge in [0.05, 0.1) is 26.0 Å². The first-order chi connectivity index (χ1) is 13.1. The van der Waals surface area contributed by atoms with Crippen LogP contribution in [-0.2, 0) is 10.5 Å². The fourth-order valence-corrected chi connectivity index (χ4v) is 4.49. The van der Waals surface area contributed by atoms with Crippen LogP contribution in [-0.4, -0.2) is 37.3 Å². The molecule has 3 rings (SSSR count). The number of hydrogen-bond acceptors (Lipinski definition) is 4. The zero-order valence-corrected chi connectivity index (χ0v) is 17.1. The van der Waals surface area contributed by atoms with Gasteiger partial charge in [-0.25, -0.2) is 0 Å². The van der Waals surface area contributed by atoms with E-state index in [0.29, 0.717) is 5.75 Å². The van der Waals surface area contributed by atoms with Crippen molar-refractivity contribution in [1.82, 2.24) is 4.90 Å². The summed E-state index contributed by atoms with van der Waals surface area (Å²) in [5.41, 5.74) is 3.55. The lowest BCUT2D eigenvalue weighted by Gasteiger charge is -2.26. The van der Waals surface area contributed by atoms with Gasteiger partial charge in [-0.2, -0.15) is 0 Å². The number of rotatable bonds is 7. The van der Waals surface area contributed by atoms with Crippen molar-refractivity contribution in [3.8, 4) is 11.5 Å². The predicted octanol–water partition coefficient (Wildman–Crippen LogP) is 4.61. The van der Waals surface area contributed by atoms with Crippen LogP contribution in [0.3, 0.4) is 0 Å². The number of carbonyl (C=O) groups excluding carboxylic acids is 1. The van der Waals surface area contributed by atoms with Crippen LogP contribution in [0.2, 0.25) is 0 Å². The minimum atomic E-state index is 0.0575. The Morgan fingerprint density at radius 3 is 2.78 bits per heavy atom. The molecule has 1 unspecified atom stereocenters. The van der Waals surface area contributed by atoms with Gasteiger partial charge in [-0.3, -0.25) is 4.79 Å². The number of benzene rings is 2. The highest BCUT2D eigenvalue weighted by atomic mass is 32.2. The molecule has 0 radical (unpaired) electrons. The third kappa shape index (κ3) is 4.78. The molecule has 2 aromatic rings. The van der Waals surface area contributed by atoms with E-state index >= 15 is 0 Å². The predicted molar refractivity (Wildman–Crippen MR) is 111 cm³/mol. The van der Waals surface area contributed by atoms with E-state index in [1.807, 2.05) is 23.1 Å². The summed E-state index contributed by atoms with van der Waals surface area (Å²) in [5.74, 6) is 3.15. The van der Waals surface area contributed by atoms with E-state index in [1.165, 1.54) is 11.1 Å². The molecule has 4 nitrogen and oxygen atoms in total. The number of likely N-dealkylation sites (tertiary alicyclic amines) is 1. The van der Waals surface area contributed by atoms with Crippen LogP contribution in [0.5, 0.6) is 11.5 Å². The molecule has 1 atom stereocenters. The van der Waals surface area contributed by atoms with Gasteiger partial charge in [-0.1, -0.05) is 29.8 Å². The summed E-state index contributed by atoms with van der Waals surface area (Å²) in [6, 6.07) is 14.3. The van der Waals surface area contributed by atoms with E-state index in [-0.39, 0.29) is 11.9 Å². The van der Waals surface area contributed by atoms with Crippen molar-refractivity contribution in [1.29, 1.82) is 0 Å². The van der Waals surface area contributed by atoms with Crippen LogP contribution in [0.25, 0.3) is 0 Å². The maximum atomic E-state index is 12.9. The lowest BCUT2D eigenvalue weighted by Crippen LogP contribution is -2.32. The molecule has 2 aromatic carbocycles. The molecular weight excluding hydrogens is 358 g/mol. The molecule has 0 spiro atoms. The second-order valence-electron chi connectivity index (χ2n) is 6.83. The first kappa shape index (κ1) is 19.6. The first-order valence-corrected chi connectivity index (χ1v) is 10.4. The number of nitrogens with zero attached hydrogens (tertiary/aromatic N) is 1. The summed E-state index contributed by atoms with van der Waals surface area (Å²) < 4.78 is 10.9. The monoisotopic (exact) mass is 385 g/mol. The molecular formula is C22H27NO3S. The second-order valence-corrected chi connectivity index (χ2v) is 7.82. The summed E-state index contributed by atoms with van der Waals surface area (Å²) in [6.07, 6.45) is 1.97. The Labute approximate surface area is 165 Å². The molecule has 0 bridgehead atoms. The highest BCUT2D eigenvalue weighted by Crippen LogP contribution is 2.39. The zero-order valence-electron chi connectivity index (χ0n) is 16.2. The lowest BCUT2D eigenvalue weighted by molar-refractivity contribution is -0.129. The smallest absolute Gasteiger partial charge is 0.233 e. The van der Waals surface area contributed by atoms with Gasteiger partial charge < -0.3 is 14.4 Å². The number of methoxy groups -OCH3 is 2. The minimum Gasteiger partial charge on any atom is -0.497 e. The van der Waals surface area contributed by atoms with Crippen LogP contribution < -0.4 is 9.47 Å². The van der Waals surface area contributed by atoms with E-state index in [9.17, 15) is 4.79 Å². The van der Waals surface area contributed by atoms with Crippen molar-refractivity contribution in [2.45, 2.75) is 31.6 Å². The van der Waals surface area contributed by atoms with Gasteiger partial charge in [0.15, 0.2) is 0 Å². The fourth-order valence-electron chi connectivity index (χ4n) is 3.63. The molecule has 27 heavy (non-hydrogen) atoms. The Morgan fingerprint density at radius 1 is 1.19 bits per heavy atom. The molecule has 1 saturated heterocycles. The van der Waals surface area contributed by atoms with Crippen molar-refractivity contribution in [3.05, 3.63) is 59.2 Å². The molecule has 1 aliphatic heterocycles. The highest BCUT2D eigenvalue weighted by molar-refractivity contribution is 7.99. The number of thioether (sulfide) groups is 1. The Hall–Kier alpha value is -2.14. The number of ether oxygens (including phenoxy) is 2. The molecule has 144 valence electrons. The quantitative estimate of drug-likeness (QED) is 0.698. The SMILES string of the molecule is COc1ccc(OC)c(C2CCCN2C(=O)CSCc2cccc(C)c2)c1. The van der Waals surface area contributed by atoms with Gasteiger partial charge in [-0.15, -0.1) is 11.8 Å². The fraction of sp³-hybridized carbons (Fsp3) is 0.409. The molecule has 0 saturated carbocycles. The van der Waals surface area contributed by atoms with Gasteiger partial charge in [-0.05, 0) is 43.5 Å². The molecule has 5 heteroatoms. The molecule has 1 amide bonds. The van der Waals surface area contributed by atoms with Crippen LogP contribution in [0.1, 0.15) is 35.6 Å². The van der Waals surface area contributed by atoms with Gasteiger partial charge in [0, 0.05) is 17.9 Å². The standard InChI is InChI=1S/C22H27NO3S/c1-16-6-4-7-17(12-16)14-27-15-22(24)23-11-5-8-20(23)19-13-18(25-2)9-10-21(19)26-3/h4,6-7,9-10,12-13,20H,5,8,11,14-15H2,1-3H3. The Morgan fingerprint density at radius 2 is 2.04 bits per heavy atom. The van der Waals surface area contributed by atoms with Gasteiger partial charge in [0.1, 0.15) is 11.5 Å². The normalized spacial score (nSPS) is 16.4. The topological polar surface area (TPSA) is 38.8 Å². The third-order valence-corrected chi connectivity index (χ3v) is 5.93. The molecule has 1 aliphatic rings. The van der Waals surface area contributed by atoms with Crippen molar-refractivity contribution >= 4 is 17.7 Å². The summed E-state index contributed by atoms with van der Waals surface area (Å²) in [7, 11) is 3.33. The average Bonchev–Trinajstić information content (AvgIpc) is 3.17. The molecule has 0 aliphatic carbocycles. The van der Waals surface area contributed by atoms with Crippen molar-refractivity contribution in [2.24, 2.45) is 0 Å². The summed E-state index contributed by atoms with van der Waals surface area (Å²) >= 11 is 1.68. The van der Waals surface area contributed by atoms with Gasteiger partial charge in [0.25, 0.3) is 0 Å². The van der Waals surface area contributed by atoms with Crippen LogP contribution >= 0.6 is 11.8 Å². The zero-order chi connectivity index (χ0) is 19.2. The maximum Gasteiger partial charge on any atom is 0.233 e. The Kier molecular flexibility index (Phi) is 6.67. The van der Waals surface area contributed by atoms with Crippen LogP contribution in [0.15, 0.2) is 42.5 Å². The van der Waals surface area contributed by atoms with Crippen LogP contribution in [0.4, 0.5) is 0 Å². The number of carbonyl (C=O) groups is 1. The van der Waals surface area contributed by atoms with E-state index in [0.717, 1.165) is 42.2 Å². The number of amides is 1. The van der Waals surface area contributed by atoms with E-state index in [4.69, 9.17) is 9.47 Å². The molecule has 1 heterocycles. The summed E-state index contributed by atoms with van der Waals surface area (Å²) in [6.45, 7) is 2.89. The lowest BCUT2D eigenvalue weighted by atomic mass is 10.0. The Bertz CT molecular complexity index is 793. The number of hydrogen-bond donors (Lipinski definition) is 0. The minimum absolute atomic E-state index is 0.0575. The summed E-state index contributed by atoms with van der Waals surface area (Å²) in [5, 5.41) is 0. The van der Waals surface area contributed by atoms with E-state index < -0.39 is 0 Å². The number of aryl methyl sites for hydroxylation is 1. The maximum absolute atomic E-state index is 12.9. The molecule has 0 N–H and O–H groups in total. The van der Waals surface area contributed by atoms with E-state index in [2.05, 4.69) is 31.2 Å². The van der Waals surface area contributed by atoms with Crippen molar-refractivity contribution in [2.75, 3.05) is 26.5 Å². The second kappa shape index (κ2) is 9.18. The summed E-state index contributed by atoms with van der Waals surface area (Å²) in [4.78, 5) is 14.9. The Balaban J connectivity index is 1.66. The third-order valence-electron chi connectivity index (χ3n) is 4.95.